The fourth-order valence-corrected chi connectivity index (χ4v) is 2.86. The monoisotopic (exact) mass is 340 g/mol. The normalized spacial score (nSPS) is 12.4. The summed E-state index contributed by atoms with van der Waals surface area (Å²) in [5, 5.41) is 10.5. The molecule has 0 N–H and O–H groups in total. The van der Waals surface area contributed by atoms with Crippen LogP contribution in [0.5, 0.6) is 5.75 Å². The van der Waals surface area contributed by atoms with E-state index in [0.29, 0.717) is 4.83 Å². The zero-order valence-corrected chi connectivity index (χ0v) is 13.5. The van der Waals surface area contributed by atoms with Crippen LogP contribution >= 0.6 is 27.3 Å². The Balaban J connectivity index is 2.19. The quantitative estimate of drug-likeness (QED) is 0.705. The summed E-state index contributed by atoms with van der Waals surface area (Å²) in [6.45, 7) is 4.96. The second-order valence-electron chi connectivity index (χ2n) is 4.20. The van der Waals surface area contributed by atoms with Crippen molar-refractivity contribution in [1.29, 1.82) is 0 Å². The van der Waals surface area contributed by atoms with E-state index in [1.54, 1.807) is 11.3 Å². The van der Waals surface area contributed by atoms with Gasteiger partial charge >= 0.3 is 0 Å². The van der Waals surface area contributed by atoms with Crippen LogP contribution in [0.25, 0.3) is 10.6 Å². The summed E-state index contributed by atoms with van der Waals surface area (Å²) >= 11 is 5.23. The summed E-state index contributed by atoms with van der Waals surface area (Å²) in [7, 11) is 0. The van der Waals surface area contributed by atoms with Gasteiger partial charge in [-0.3, -0.25) is 0 Å². The third-order valence-corrected chi connectivity index (χ3v) is 5.09. The second-order valence-corrected chi connectivity index (χ2v) is 6.31. The molecule has 1 atom stereocenters. The Morgan fingerprint density at radius 1 is 1.32 bits per heavy atom. The number of hydrogen-bond donors (Lipinski definition) is 0. The van der Waals surface area contributed by atoms with E-state index in [0.717, 1.165) is 40.8 Å². The fraction of sp³-hybridized carbons (Fsp3) is 0.429. The SMILES string of the molecule is CCCOc1cccc(-c2nnc(C(Br)CC)s2)c1. The molecule has 0 fully saturated rings. The van der Waals surface area contributed by atoms with Gasteiger partial charge in [0.1, 0.15) is 15.8 Å². The average molecular weight is 341 g/mol. The van der Waals surface area contributed by atoms with Gasteiger partial charge in [0.25, 0.3) is 0 Å². The smallest absolute Gasteiger partial charge is 0.147 e. The molecule has 0 spiro atoms. The standard InChI is InChI=1S/C14H17BrN2OS/c1-3-8-18-11-7-5-6-10(9-11)13-16-17-14(19-13)12(15)4-2/h5-7,9,12H,3-4,8H2,1-2H3. The number of hydrogen-bond acceptors (Lipinski definition) is 4. The van der Waals surface area contributed by atoms with Gasteiger partial charge in [-0.2, -0.15) is 0 Å². The molecule has 0 aliphatic carbocycles. The van der Waals surface area contributed by atoms with Crippen LogP contribution in [-0.4, -0.2) is 16.8 Å². The number of halogens is 1. The molecule has 1 unspecified atom stereocenters. The average Bonchev–Trinajstić information content (AvgIpc) is 2.94. The molecule has 1 aromatic carbocycles. The maximum absolute atomic E-state index is 5.64. The van der Waals surface area contributed by atoms with Crippen LogP contribution in [0, 0.1) is 0 Å². The number of alkyl halides is 1. The van der Waals surface area contributed by atoms with Crippen LogP contribution in [-0.2, 0) is 0 Å². The van der Waals surface area contributed by atoms with Crippen LogP contribution in [0.2, 0.25) is 0 Å². The Kier molecular flexibility index (Phi) is 5.34. The van der Waals surface area contributed by atoms with Crippen LogP contribution < -0.4 is 4.74 Å². The van der Waals surface area contributed by atoms with Gasteiger partial charge in [0.05, 0.1) is 11.4 Å². The molecule has 0 saturated heterocycles. The fourth-order valence-electron chi connectivity index (χ4n) is 1.59. The molecule has 0 saturated carbocycles. The largest absolute Gasteiger partial charge is 0.494 e. The Morgan fingerprint density at radius 2 is 2.16 bits per heavy atom. The first kappa shape index (κ1) is 14.5. The van der Waals surface area contributed by atoms with Crippen molar-refractivity contribution in [3.8, 4) is 16.3 Å². The first-order chi connectivity index (χ1) is 9.24. The molecule has 2 rings (SSSR count). The lowest BCUT2D eigenvalue weighted by atomic mass is 10.2. The molecule has 19 heavy (non-hydrogen) atoms. The van der Waals surface area contributed by atoms with Gasteiger partial charge < -0.3 is 4.74 Å². The molecular formula is C14H17BrN2OS. The predicted molar refractivity (Wildman–Crippen MR) is 83.1 cm³/mol. The highest BCUT2D eigenvalue weighted by molar-refractivity contribution is 9.09. The minimum atomic E-state index is 0.290. The Bertz CT molecular complexity index is 530. The lowest BCUT2D eigenvalue weighted by Gasteiger charge is -2.05. The van der Waals surface area contributed by atoms with Crippen LogP contribution in [0.1, 0.15) is 36.5 Å². The number of ether oxygens (including phenoxy) is 1. The van der Waals surface area contributed by atoms with E-state index in [4.69, 9.17) is 4.74 Å². The van der Waals surface area contributed by atoms with Gasteiger partial charge in [-0.1, -0.05) is 53.2 Å². The van der Waals surface area contributed by atoms with E-state index in [9.17, 15) is 0 Å². The van der Waals surface area contributed by atoms with Crippen molar-refractivity contribution in [2.75, 3.05) is 6.61 Å². The summed E-state index contributed by atoms with van der Waals surface area (Å²) in [5.41, 5.74) is 1.06. The molecule has 5 heteroatoms. The summed E-state index contributed by atoms with van der Waals surface area (Å²) < 4.78 is 5.64. The summed E-state index contributed by atoms with van der Waals surface area (Å²) in [4.78, 5) is 0.290. The van der Waals surface area contributed by atoms with Gasteiger partial charge in [-0.05, 0) is 25.0 Å². The number of nitrogens with zero attached hydrogens (tertiary/aromatic N) is 2. The summed E-state index contributed by atoms with van der Waals surface area (Å²) in [6, 6.07) is 8.03. The molecule has 2 aromatic rings. The van der Waals surface area contributed by atoms with Crippen molar-refractivity contribution in [2.45, 2.75) is 31.5 Å². The van der Waals surface area contributed by atoms with Crippen LogP contribution in [0.15, 0.2) is 24.3 Å². The van der Waals surface area contributed by atoms with E-state index in [2.05, 4.69) is 40.0 Å². The van der Waals surface area contributed by atoms with Gasteiger partial charge in [0, 0.05) is 5.56 Å². The Labute approximate surface area is 126 Å². The van der Waals surface area contributed by atoms with Crippen molar-refractivity contribution in [3.63, 3.8) is 0 Å². The number of aromatic nitrogens is 2. The van der Waals surface area contributed by atoms with E-state index in [1.165, 1.54) is 0 Å². The molecule has 0 bridgehead atoms. The molecule has 1 heterocycles. The predicted octanol–water partition coefficient (Wildman–Crippen LogP) is 4.84. The van der Waals surface area contributed by atoms with Gasteiger partial charge in [0.15, 0.2) is 0 Å². The van der Waals surface area contributed by atoms with Crippen molar-refractivity contribution >= 4 is 27.3 Å². The molecule has 3 nitrogen and oxygen atoms in total. The molecule has 102 valence electrons. The maximum Gasteiger partial charge on any atom is 0.147 e. The summed E-state index contributed by atoms with van der Waals surface area (Å²) in [6.07, 6.45) is 2.02. The minimum Gasteiger partial charge on any atom is -0.494 e. The topological polar surface area (TPSA) is 35.0 Å². The van der Waals surface area contributed by atoms with E-state index < -0.39 is 0 Å². The lowest BCUT2D eigenvalue weighted by molar-refractivity contribution is 0.317. The molecule has 0 radical (unpaired) electrons. The van der Waals surface area contributed by atoms with Crippen LogP contribution in [0.3, 0.4) is 0 Å². The third-order valence-electron chi connectivity index (χ3n) is 2.62. The minimum absolute atomic E-state index is 0.290. The van der Waals surface area contributed by atoms with Gasteiger partial charge in [-0.25, -0.2) is 0 Å². The van der Waals surface area contributed by atoms with Crippen molar-refractivity contribution in [3.05, 3.63) is 29.3 Å². The molecule has 0 amide bonds. The van der Waals surface area contributed by atoms with Crippen LogP contribution in [0.4, 0.5) is 0 Å². The lowest BCUT2D eigenvalue weighted by Crippen LogP contribution is -1.94. The molecule has 1 aromatic heterocycles. The van der Waals surface area contributed by atoms with E-state index in [-0.39, 0.29) is 0 Å². The Morgan fingerprint density at radius 3 is 2.89 bits per heavy atom. The highest BCUT2D eigenvalue weighted by Crippen LogP contribution is 2.33. The first-order valence-electron chi connectivity index (χ1n) is 6.45. The zero-order chi connectivity index (χ0) is 13.7. The number of rotatable bonds is 6. The number of benzene rings is 1. The van der Waals surface area contributed by atoms with Gasteiger partial charge in [0.2, 0.25) is 0 Å². The van der Waals surface area contributed by atoms with Gasteiger partial charge in [-0.15, -0.1) is 10.2 Å². The van der Waals surface area contributed by atoms with Crippen molar-refractivity contribution in [2.24, 2.45) is 0 Å². The third kappa shape index (κ3) is 3.76. The van der Waals surface area contributed by atoms with E-state index in [1.807, 2.05) is 24.3 Å². The molecular weight excluding hydrogens is 324 g/mol. The van der Waals surface area contributed by atoms with Crippen molar-refractivity contribution < 1.29 is 4.74 Å². The van der Waals surface area contributed by atoms with E-state index >= 15 is 0 Å². The Hall–Kier alpha value is -0.940. The highest BCUT2D eigenvalue weighted by atomic mass is 79.9. The first-order valence-corrected chi connectivity index (χ1v) is 8.18. The maximum atomic E-state index is 5.64. The summed E-state index contributed by atoms with van der Waals surface area (Å²) in [5.74, 6) is 0.891. The van der Waals surface area contributed by atoms with Crippen molar-refractivity contribution in [1.82, 2.24) is 10.2 Å². The molecule has 0 aliphatic rings. The zero-order valence-electron chi connectivity index (χ0n) is 11.1. The highest BCUT2D eigenvalue weighted by Gasteiger charge is 2.13. The molecule has 0 aliphatic heterocycles. The second kappa shape index (κ2) is 7.01.